The number of hydrogen-bond donors (Lipinski definition) is 2. The van der Waals surface area contributed by atoms with Crippen molar-refractivity contribution in [3.63, 3.8) is 0 Å². The summed E-state index contributed by atoms with van der Waals surface area (Å²) in [5.74, 6) is 0.0595. The summed E-state index contributed by atoms with van der Waals surface area (Å²) in [4.78, 5) is 22.2. The topological polar surface area (TPSA) is 67.4 Å². The minimum atomic E-state index is -0.364. The molecular weight excluding hydrogens is 232 g/mol. The van der Waals surface area contributed by atoms with Crippen molar-refractivity contribution in [1.82, 2.24) is 10.6 Å². The van der Waals surface area contributed by atoms with Gasteiger partial charge >= 0.3 is 12.0 Å². The van der Waals surface area contributed by atoms with E-state index in [4.69, 9.17) is 16.3 Å². The molecule has 0 heterocycles. The second kappa shape index (κ2) is 7.33. The number of carbonyl (C=O) groups is 2. The van der Waals surface area contributed by atoms with Gasteiger partial charge in [-0.05, 0) is 27.2 Å². The van der Waals surface area contributed by atoms with Crippen molar-refractivity contribution >= 4 is 23.6 Å². The summed E-state index contributed by atoms with van der Waals surface area (Å²) < 4.78 is 4.76. The molecule has 2 N–H and O–H groups in total. The maximum atomic E-state index is 11.2. The third-order valence-corrected chi connectivity index (χ3v) is 1.74. The lowest BCUT2D eigenvalue weighted by Crippen LogP contribution is -2.47. The number of esters is 1. The first-order chi connectivity index (χ1) is 7.35. The lowest BCUT2D eigenvalue weighted by Gasteiger charge is -2.20. The first kappa shape index (κ1) is 15.0. The summed E-state index contributed by atoms with van der Waals surface area (Å²) in [7, 11) is 0. The molecule has 0 aromatic carbocycles. The average molecular weight is 251 g/mol. The van der Waals surface area contributed by atoms with E-state index in [-0.39, 0.29) is 30.7 Å². The first-order valence-corrected chi connectivity index (χ1v) is 5.66. The first-order valence-electron chi connectivity index (χ1n) is 5.13. The highest BCUT2D eigenvalue weighted by molar-refractivity contribution is 6.17. The van der Waals surface area contributed by atoms with Crippen LogP contribution in [0, 0.1) is 0 Å². The van der Waals surface area contributed by atoms with Gasteiger partial charge in [-0.25, -0.2) is 4.79 Å². The summed E-state index contributed by atoms with van der Waals surface area (Å²) in [6.07, 6.45) is 0.848. The molecule has 0 spiro atoms. The van der Waals surface area contributed by atoms with Gasteiger partial charge in [0.15, 0.2) is 6.73 Å². The van der Waals surface area contributed by atoms with Crippen molar-refractivity contribution in [3.05, 3.63) is 0 Å². The molecule has 0 saturated heterocycles. The van der Waals surface area contributed by atoms with Gasteiger partial charge in [0.1, 0.15) is 0 Å². The van der Waals surface area contributed by atoms with Crippen LogP contribution in [0.3, 0.4) is 0 Å². The van der Waals surface area contributed by atoms with Gasteiger partial charge in [0.25, 0.3) is 0 Å². The van der Waals surface area contributed by atoms with Gasteiger partial charge in [-0.15, -0.1) is 11.6 Å². The smallest absolute Gasteiger partial charge is 0.317 e. The lowest BCUT2D eigenvalue weighted by atomic mass is 10.1. The molecule has 2 amide bonds. The molecule has 0 atom stereocenters. The molecule has 0 aromatic heterocycles. The van der Waals surface area contributed by atoms with E-state index < -0.39 is 0 Å². The van der Waals surface area contributed by atoms with Gasteiger partial charge in [0, 0.05) is 17.8 Å². The Morgan fingerprint density at radius 3 is 2.44 bits per heavy atom. The van der Waals surface area contributed by atoms with Crippen LogP contribution in [-0.4, -0.2) is 30.2 Å². The fraction of sp³-hybridized carbons (Fsp3) is 0.800. The largest absolute Gasteiger partial charge is 0.444 e. The van der Waals surface area contributed by atoms with E-state index >= 15 is 0 Å². The van der Waals surface area contributed by atoms with E-state index in [1.54, 1.807) is 0 Å². The van der Waals surface area contributed by atoms with Crippen molar-refractivity contribution in [2.45, 2.75) is 39.2 Å². The monoisotopic (exact) mass is 250 g/mol. The summed E-state index contributed by atoms with van der Waals surface area (Å²) in [6.45, 7) is 5.46. The SMILES string of the molecule is CC(C)(C)NC(=O)NCOC(=O)CCCCl. The molecule has 0 aliphatic heterocycles. The quantitative estimate of drug-likeness (QED) is 0.443. The Labute approximate surface area is 101 Å². The third-order valence-electron chi connectivity index (χ3n) is 1.47. The average Bonchev–Trinajstić information content (AvgIpc) is 2.11. The number of amides is 2. The molecule has 0 fully saturated rings. The van der Waals surface area contributed by atoms with Crippen LogP contribution in [0.2, 0.25) is 0 Å². The number of rotatable bonds is 5. The molecule has 0 saturated carbocycles. The molecule has 0 aliphatic rings. The van der Waals surface area contributed by atoms with Crippen LogP contribution in [0.5, 0.6) is 0 Å². The molecule has 0 unspecified atom stereocenters. The fourth-order valence-electron chi connectivity index (χ4n) is 0.850. The van der Waals surface area contributed by atoms with Crippen molar-refractivity contribution in [2.24, 2.45) is 0 Å². The molecule has 0 aliphatic carbocycles. The van der Waals surface area contributed by atoms with Gasteiger partial charge in [0.05, 0.1) is 0 Å². The summed E-state index contributed by atoms with van der Waals surface area (Å²) in [5.41, 5.74) is -0.313. The van der Waals surface area contributed by atoms with Crippen LogP contribution in [0.4, 0.5) is 4.79 Å². The normalized spacial score (nSPS) is 10.8. The number of alkyl halides is 1. The Morgan fingerprint density at radius 2 is 1.94 bits per heavy atom. The fourth-order valence-corrected chi connectivity index (χ4v) is 0.984. The maximum absolute atomic E-state index is 11.2. The van der Waals surface area contributed by atoms with Gasteiger partial charge < -0.3 is 15.4 Å². The number of nitrogens with one attached hydrogen (secondary N) is 2. The van der Waals surface area contributed by atoms with E-state index in [0.717, 1.165) is 0 Å². The van der Waals surface area contributed by atoms with Crippen molar-refractivity contribution in [2.75, 3.05) is 12.6 Å². The minimum Gasteiger partial charge on any atom is -0.444 e. The van der Waals surface area contributed by atoms with Crippen molar-refractivity contribution < 1.29 is 14.3 Å². The van der Waals surface area contributed by atoms with Gasteiger partial charge in [-0.1, -0.05) is 0 Å². The van der Waals surface area contributed by atoms with Crippen LogP contribution in [0.15, 0.2) is 0 Å². The maximum Gasteiger partial charge on any atom is 0.317 e. The van der Waals surface area contributed by atoms with Crippen LogP contribution in [0.25, 0.3) is 0 Å². The van der Waals surface area contributed by atoms with Gasteiger partial charge in [-0.3, -0.25) is 4.79 Å². The van der Waals surface area contributed by atoms with Crippen molar-refractivity contribution in [1.29, 1.82) is 0 Å². The summed E-state index contributed by atoms with van der Waals surface area (Å²) in [6, 6.07) is -0.363. The van der Waals surface area contributed by atoms with Gasteiger partial charge in [-0.2, -0.15) is 0 Å². The van der Waals surface area contributed by atoms with Crippen LogP contribution in [-0.2, 0) is 9.53 Å². The van der Waals surface area contributed by atoms with E-state index in [9.17, 15) is 9.59 Å². The number of hydrogen-bond acceptors (Lipinski definition) is 3. The molecule has 16 heavy (non-hydrogen) atoms. The molecule has 0 aromatic rings. The molecule has 0 bridgehead atoms. The number of halogens is 1. The van der Waals surface area contributed by atoms with Crippen LogP contribution >= 0.6 is 11.6 Å². The summed E-state index contributed by atoms with van der Waals surface area (Å²) in [5, 5.41) is 5.09. The Morgan fingerprint density at radius 1 is 1.31 bits per heavy atom. The Hall–Kier alpha value is -0.970. The van der Waals surface area contributed by atoms with E-state index in [2.05, 4.69) is 10.6 Å². The van der Waals surface area contributed by atoms with Crippen molar-refractivity contribution in [3.8, 4) is 0 Å². The zero-order valence-electron chi connectivity index (χ0n) is 9.93. The number of carbonyl (C=O) groups excluding carboxylic acids is 2. The highest BCUT2D eigenvalue weighted by Crippen LogP contribution is 1.97. The van der Waals surface area contributed by atoms with Crippen LogP contribution in [0.1, 0.15) is 33.6 Å². The van der Waals surface area contributed by atoms with E-state index in [1.807, 2.05) is 20.8 Å². The zero-order chi connectivity index (χ0) is 12.6. The second-order valence-electron chi connectivity index (χ2n) is 4.33. The Bertz CT molecular complexity index is 239. The van der Waals surface area contributed by atoms with Gasteiger partial charge in [0.2, 0.25) is 0 Å². The van der Waals surface area contributed by atoms with E-state index in [0.29, 0.717) is 12.3 Å². The molecule has 5 nitrogen and oxygen atoms in total. The zero-order valence-corrected chi connectivity index (χ0v) is 10.7. The second-order valence-corrected chi connectivity index (χ2v) is 4.71. The third kappa shape index (κ3) is 9.58. The molecule has 0 rings (SSSR count). The standard InChI is InChI=1S/C10H19ClN2O3/c1-10(2,3)13-9(15)12-7-16-8(14)5-4-6-11/h4-7H2,1-3H3,(H2,12,13,15). The minimum absolute atomic E-state index is 0.122. The molecular formula is C10H19ClN2O3. The Kier molecular flexibility index (Phi) is 6.88. The highest BCUT2D eigenvalue weighted by atomic mass is 35.5. The summed E-state index contributed by atoms with van der Waals surface area (Å²) >= 11 is 5.42. The lowest BCUT2D eigenvalue weighted by molar-refractivity contribution is -0.144. The molecule has 6 heteroatoms. The predicted octanol–water partition coefficient (Wildman–Crippen LogP) is 1.60. The Balaban J connectivity index is 3.58. The molecule has 0 radical (unpaired) electrons. The van der Waals surface area contributed by atoms with E-state index in [1.165, 1.54) is 0 Å². The highest BCUT2D eigenvalue weighted by Gasteiger charge is 2.13. The predicted molar refractivity (Wildman–Crippen MR) is 62.3 cm³/mol. The number of ether oxygens (including phenoxy) is 1. The molecule has 94 valence electrons. The van der Waals surface area contributed by atoms with Crippen LogP contribution < -0.4 is 10.6 Å². The number of urea groups is 1.